The number of aromatic amines is 1. The molecule has 0 bridgehead atoms. The van der Waals surface area contributed by atoms with E-state index in [2.05, 4.69) is 41.3 Å². The van der Waals surface area contributed by atoms with E-state index in [4.69, 9.17) is 16.3 Å². The predicted octanol–water partition coefficient (Wildman–Crippen LogP) is 1.82. The molecule has 1 N–H and O–H groups in total. The topological polar surface area (TPSA) is 76.6 Å². The molecule has 0 unspecified atom stereocenters. The zero-order valence-corrected chi connectivity index (χ0v) is 10.6. The molecular weight excluding hydrogens is 297 g/mol. The third kappa shape index (κ3) is 2.21. The molecule has 0 aliphatic rings. The van der Waals surface area contributed by atoms with Crippen LogP contribution in [0.5, 0.6) is 0 Å². The molecule has 0 saturated heterocycles. The lowest BCUT2D eigenvalue weighted by molar-refractivity contribution is 0.181. The van der Waals surface area contributed by atoms with Crippen LogP contribution < -0.4 is 0 Å². The highest BCUT2D eigenvalue weighted by molar-refractivity contribution is 9.10. The van der Waals surface area contributed by atoms with Gasteiger partial charge in [-0.2, -0.15) is 15.4 Å². The molecule has 16 heavy (non-hydrogen) atoms. The van der Waals surface area contributed by atoms with E-state index in [1.54, 1.807) is 7.11 Å². The van der Waals surface area contributed by atoms with Crippen molar-refractivity contribution in [3.63, 3.8) is 0 Å². The molecule has 2 aromatic rings. The highest BCUT2D eigenvalue weighted by Gasteiger charge is 2.13. The molecule has 0 aliphatic heterocycles. The summed E-state index contributed by atoms with van der Waals surface area (Å²) in [6, 6.07) is 0. The molecule has 0 amide bonds. The smallest absolute Gasteiger partial charge is 0.183 e. The average Bonchev–Trinajstić information content (AvgIpc) is 2.78. The summed E-state index contributed by atoms with van der Waals surface area (Å²) < 4.78 is 5.64. The Morgan fingerprint density at radius 3 is 2.94 bits per heavy atom. The summed E-state index contributed by atoms with van der Waals surface area (Å²) in [7, 11) is 1.58. The summed E-state index contributed by atoms with van der Waals surface area (Å²) in [5, 5.41) is 10.4. The summed E-state index contributed by atoms with van der Waals surface area (Å²) in [6.45, 7) is 0.341. The molecule has 0 spiro atoms. The van der Waals surface area contributed by atoms with Crippen molar-refractivity contribution in [2.75, 3.05) is 7.11 Å². The van der Waals surface area contributed by atoms with Gasteiger partial charge < -0.3 is 4.74 Å². The van der Waals surface area contributed by atoms with Gasteiger partial charge in [-0.25, -0.2) is 9.97 Å². The Balaban J connectivity index is 2.48. The van der Waals surface area contributed by atoms with Gasteiger partial charge in [-0.1, -0.05) is 11.6 Å². The molecule has 0 fully saturated rings. The van der Waals surface area contributed by atoms with Crippen LogP contribution in [0.3, 0.4) is 0 Å². The molecule has 2 aromatic heterocycles. The number of nitrogens with one attached hydrogen (secondary N) is 1. The maximum Gasteiger partial charge on any atom is 0.183 e. The standard InChI is InChI=1S/C8H7BrClN5O/c1-16-3-5-6(9)7(10)13-8(12-5)4-2-11-15-14-4/h2H,3H2,1H3,(H,11,14,15). The maximum absolute atomic E-state index is 5.96. The Morgan fingerprint density at radius 1 is 1.50 bits per heavy atom. The van der Waals surface area contributed by atoms with E-state index < -0.39 is 0 Å². The lowest BCUT2D eigenvalue weighted by Gasteiger charge is -2.05. The van der Waals surface area contributed by atoms with Gasteiger partial charge in [0.15, 0.2) is 5.82 Å². The van der Waals surface area contributed by atoms with Crippen LogP contribution >= 0.6 is 27.5 Å². The monoisotopic (exact) mass is 303 g/mol. The fourth-order valence-electron chi connectivity index (χ4n) is 1.12. The first-order chi connectivity index (χ1) is 7.72. The van der Waals surface area contributed by atoms with E-state index in [-0.39, 0.29) is 0 Å². The second kappa shape index (κ2) is 4.86. The largest absolute Gasteiger partial charge is 0.378 e. The highest BCUT2D eigenvalue weighted by Crippen LogP contribution is 2.26. The minimum Gasteiger partial charge on any atom is -0.378 e. The van der Waals surface area contributed by atoms with E-state index in [0.717, 1.165) is 0 Å². The van der Waals surface area contributed by atoms with Crippen LogP contribution in [0.1, 0.15) is 5.69 Å². The zero-order valence-electron chi connectivity index (χ0n) is 8.24. The lowest BCUT2D eigenvalue weighted by atomic mass is 10.4. The van der Waals surface area contributed by atoms with Crippen LogP contribution in [0.25, 0.3) is 11.5 Å². The summed E-state index contributed by atoms with van der Waals surface area (Å²) in [5.74, 6) is 0.411. The van der Waals surface area contributed by atoms with Gasteiger partial charge in [0.2, 0.25) is 0 Å². The van der Waals surface area contributed by atoms with Gasteiger partial charge in [0.05, 0.1) is 23.0 Å². The Bertz CT molecular complexity index is 489. The van der Waals surface area contributed by atoms with Crippen LogP contribution in [-0.2, 0) is 11.3 Å². The Morgan fingerprint density at radius 2 is 2.31 bits per heavy atom. The average molecular weight is 305 g/mol. The first-order valence-electron chi connectivity index (χ1n) is 4.29. The van der Waals surface area contributed by atoms with E-state index in [9.17, 15) is 0 Å². The number of ether oxygens (including phenoxy) is 1. The van der Waals surface area contributed by atoms with Crippen molar-refractivity contribution < 1.29 is 4.74 Å². The number of aromatic nitrogens is 5. The van der Waals surface area contributed by atoms with E-state index in [1.807, 2.05) is 0 Å². The SMILES string of the molecule is COCc1nc(-c2cn[nH]n2)nc(Cl)c1Br. The quantitative estimate of drug-likeness (QED) is 0.875. The van der Waals surface area contributed by atoms with Gasteiger partial charge in [-0.3, -0.25) is 0 Å². The summed E-state index contributed by atoms with van der Waals surface area (Å²) >= 11 is 9.26. The minimum atomic E-state index is 0.319. The molecule has 0 aliphatic carbocycles. The zero-order chi connectivity index (χ0) is 11.5. The fraction of sp³-hybridized carbons (Fsp3) is 0.250. The Labute approximate surface area is 105 Å². The van der Waals surface area contributed by atoms with Gasteiger partial charge in [0.25, 0.3) is 0 Å². The van der Waals surface area contributed by atoms with Crippen molar-refractivity contribution in [1.29, 1.82) is 0 Å². The summed E-state index contributed by atoms with van der Waals surface area (Å²) in [6.07, 6.45) is 1.52. The molecule has 0 saturated carbocycles. The first-order valence-corrected chi connectivity index (χ1v) is 5.46. The number of hydrogen-bond donors (Lipinski definition) is 1. The lowest BCUT2D eigenvalue weighted by Crippen LogP contribution is -2.00. The van der Waals surface area contributed by atoms with E-state index in [1.165, 1.54) is 6.20 Å². The predicted molar refractivity (Wildman–Crippen MR) is 60.8 cm³/mol. The van der Waals surface area contributed by atoms with Crippen molar-refractivity contribution in [2.24, 2.45) is 0 Å². The normalized spacial score (nSPS) is 10.7. The second-order valence-corrected chi connectivity index (χ2v) is 4.04. The number of H-pyrrole nitrogens is 1. The fourth-order valence-corrected chi connectivity index (χ4v) is 1.60. The maximum atomic E-state index is 5.96. The third-order valence-corrected chi connectivity index (χ3v) is 3.14. The number of hydrogen-bond acceptors (Lipinski definition) is 5. The summed E-state index contributed by atoms with van der Waals surface area (Å²) in [4.78, 5) is 8.36. The van der Waals surface area contributed by atoms with E-state index in [0.29, 0.717) is 33.4 Å². The molecule has 0 aromatic carbocycles. The second-order valence-electron chi connectivity index (χ2n) is 2.89. The number of methoxy groups -OCH3 is 1. The van der Waals surface area contributed by atoms with Gasteiger partial charge in [-0.15, -0.1) is 0 Å². The number of rotatable bonds is 3. The van der Waals surface area contributed by atoms with Crippen LogP contribution in [0.4, 0.5) is 0 Å². The Kier molecular flexibility index (Phi) is 3.47. The molecule has 8 heteroatoms. The summed E-state index contributed by atoms with van der Waals surface area (Å²) in [5.41, 5.74) is 1.20. The molecule has 0 radical (unpaired) electrons. The Hall–Kier alpha value is -1.05. The van der Waals surface area contributed by atoms with Crippen LogP contribution in [0, 0.1) is 0 Å². The van der Waals surface area contributed by atoms with Crippen LogP contribution in [0.2, 0.25) is 5.15 Å². The molecule has 2 heterocycles. The van der Waals surface area contributed by atoms with Crippen molar-refractivity contribution >= 4 is 27.5 Å². The van der Waals surface area contributed by atoms with Gasteiger partial charge in [-0.05, 0) is 15.9 Å². The van der Waals surface area contributed by atoms with Crippen LogP contribution in [-0.4, -0.2) is 32.5 Å². The van der Waals surface area contributed by atoms with Gasteiger partial charge >= 0.3 is 0 Å². The molecular formula is C8H7BrClN5O. The molecule has 6 nitrogen and oxygen atoms in total. The van der Waals surface area contributed by atoms with Gasteiger partial charge in [0, 0.05) is 7.11 Å². The van der Waals surface area contributed by atoms with Crippen molar-refractivity contribution in [3.05, 3.63) is 21.5 Å². The number of nitrogens with zero attached hydrogens (tertiary/aromatic N) is 4. The number of halogens is 2. The van der Waals surface area contributed by atoms with Gasteiger partial charge in [0.1, 0.15) is 10.8 Å². The minimum absolute atomic E-state index is 0.319. The molecule has 0 atom stereocenters. The van der Waals surface area contributed by atoms with Crippen molar-refractivity contribution in [1.82, 2.24) is 25.4 Å². The van der Waals surface area contributed by atoms with E-state index >= 15 is 0 Å². The highest BCUT2D eigenvalue weighted by atomic mass is 79.9. The third-order valence-electron chi connectivity index (χ3n) is 1.80. The van der Waals surface area contributed by atoms with Crippen molar-refractivity contribution in [3.8, 4) is 11.5 Å². The molecule has 84 valence electrons. The molecule has 2 rings (SSSR count). The van der Waals surface area contributed by atoms with Crippen molar-refractivity contribution in [2.45, 2.75) is 6.61 Å². The van der Waals surface area contributed by atoms with Crippen LogP contribution in [0.15, 0.2) is 10.7 Å². The first kappa shape index (κ1) is 11.4.